The summed E-state index contributed by atoms with van der Waals surface area (Å²) in [7, 11) is 2.16. The number of anilines is 2. The predicted molar refractivity (Wildman–Crippen MR) is 144 cm³/mol. The molecule has 3 heterocycles. The van der Waals surface area contributed by atoms with Gasteiger partial charge in [0, 0.05) is 50.7 Å². The molecule has 0 radical (unpaired) electrons. The Morgan fingerprint density at radius 1 is 0.889 bits per heavy atom. The van der Waals surface area contributed by atoms with Crippen molar-refractivity contribution in [3.05, 3.63) is 59.2 Å². The van der Waals surface area contributed by atoms with Crippen LogP contribution in [0.15, 0.2) is 42.5 Å². The molecule has 2 aromatic carbocycles. The normalized spacial score (nSPS) is 18.5. The van der Waals surface area contributed by atoms with Gasteiger partial charge in [-0.3, -0.25) is 4.90 Å². The van der Waals surface area contributed by atoms with Gasteiger partial charge in [-0.2, -0.15) is 4.98 Å². The molecule has 2 saturated heterocycles. The average Bonchev–Trinajstić information content (AvgIpc) is 3.14. The molecule has 0 atom stereocenters. The number of nitrogens with zero attached hydrogens (tertiary/aromatic N) is 5. The number of benzene rings is 2. The molecular weight excluding hydrogens is 452 g/mol. The summed E-state index contributed by atoms with van der Waals surface area (Å²) in [6, 6.07) is 14.8. The van der Waals surface area contributed by atoms with Crippen molar-refractivity contribution < 1.29 is 10.2 Å². The molecule has 36 heavy (non-hydrogen) atoms. The van der Waals surface area contributed by atoms with E-state index in [-0.39, 0.29) is 13.2 Å². The zero-order valence-electron chi connectivity index (χ0n) is 21.2. The molecule has 2 fully saturated rings. The number of hydrogen-bond acceptors (Lipinski definition) is 8. The fourth-order valence-corrected chi connectivity index (χ4v) is 5.31. The largest absolute Gasteiger partial charge is 0.392 e. The van der Waals surface area contributed by atoms with Crippen LogP contribution in [0.1, 0.15) is 36.0 Å². The predicted octanol–water partition coefficient (Wildman–Crippen LogP) is 2.83. The van der Waals surface area contributed by atoms with Crippen molar-refractivity contribution in [2.24, 2.45) is 0 Å². The van der Waals surface area contributed by atoms with Crippen molar-refractivity contribution in [2.45, 2.75) is 45.1 Å². The number of aliphatic hydroxyl groups excluding tert-OH is 2. The van der Waals surface area contributed by atoms with Gasteiger partial charge in [0.05, 0.1) is 18.7 Å². The van der Waals surface area contributed by atoms with Crippen molar-refractivity contribution in [1.29, 1.82) is 0 Å². The molecule has 0 unspecified atom stereocenters. The first-order valence-electron chi connectivity index (χ1n) is 13.1. The minimum atomic E-state index is -0.123. The fourth-order valence-electron chi connectivity index (χ4n) is 5.31. The fraction of sp³-hybridized carbons (Fsp3) is 0.500. The molecule has 0 saturated carbocycles. The molecule has 0 bridgehead atoms. The number of fused-ring (bicyclic) bond motifs is 1. The first kappa shape index (κ1) is 24.9. The van der Waals surface area contributed by atoms with E-state index >= 15 is 0 Å². The third kappa shape index (κ3) is 5.78. The van der Waals surface area contributed by atoms with E-state index in [1.54, 1.807) is 0 Å². The number of aliphatic hydroxyl groups is 2. The summed E-state index contributed by atoms with van der Waals surface area (Å²) < 4.78 is 0. The van der Waals surface area contributed by atoms with Gasteiger partial charge in [0.2, 0.25) is 5.95 Å². The molecule has 8 nitrogen and oxygen atoms in total. The first-order chi connectivity index (χ1) is 17.6. The summed E-state index contributed by atoms with van der Waals surface area (Å²) in [6.07, 6.45) is 3.17. The molecule has 0 amide bonds. The van der Waals surface area contributed by atoms with Crippen LogP contribution < -0.4 is 10.2 Å². The lowest BCUT2D eigenvalue weighted by Crippen LogP contribution is -2.39. The number of nitrogens with one attached hydrogen (secondary N) is 1. The lowest BCUT2D eigenvalue weighted by atomic mass is 10.0. The Bertz CT molecular complexity index is 1150. The topological polar surface area (TPSA) is 88.0 Å². The van der Waals surface area contributed by atoms with Crippen LogP contribution in [0.5, 0.6) is 0 Å². The minimum Gasteiger partial charge on any atom is -0.392 e. The molecule has 5 rings (SSSR count). The van der Waals surface area contributed by atoms with Gasteiger partial charge in [-0.15, -0.1) is 0 Å². The first-order valence-corrected chi connectivity index (χ1v) is 13.1. The van der Waals surface area contributed by atoms with Gasteiger partial charge >= 0.3 is 0 Å². The Kier molecular flexibility index (Phi) is 7.96. The SMILES string of the molecule is CN1CCCN(c2nc(NC3CCN(Cc4ccccc4)CC3)c3cc(CO)c(CO)cc3n2)CC1. The highest BCUT2D eigenvalue weighted by Gasteiger charge is 2.23. The van der Waals surface area contributed by atoms with Crippen LogP contribution in [-0.2, 0) is 19.8 Å². The zero-order valence-corrected chi connectivity index (χ0v) is 21.2. The number of hydrogen-bond donors (Lipinski definition) is 3. The van der Waals surface area contributed by atoms with E-state index in [9.17, 15) is 10.2 Å². The summed E-state index contributed by atoms with van der Waals surface area (Å²) >= 11 is 0. The Labute approximate surface area is 213 Å². The van der Waals surface area contributed by atoms with E-state index in [4.69, 9.17) is 9.97 Å². The summed E-state index contributed by atoms with van der Waals surface area (Å²) in [5.41, 5.74) is 3.60. The van der Waals surface area contributed by atoms with E-state index in [2.05, 4.69) is 57.4 Å². The van der Waals surface area contributed by atoms with Crippen molar-refractivity contribution in [3.63, 3.8) is 0 Å². The van der Waals surface area contributed by atoms with Gasteiger partial charge in [0.25, 0.3) is 0 Å². The lowest BCUT2D eigenvalue weighted by Gasteiger charge is -2.33. The van der Waals surface area contributed by atoms with Crippen molar-refractivity contribution in [1.82, 2.24) is 19.8 Å². The third-order valence-electron chi connectivity index (χ3n) is 7.53. The third-order valence-corrected chi connectivity index (χ3v) is 7.53. The standard InChI is InChI=1S/C28H38N6O2/c1-32-10-5-11-34(15-14-32)28-30-26-17-23(20-36)22(19-35)16-25(26)27(31-28)29-24-8-12-33(13-9-24)18-21-6-3-2-4-7-21/h2-4,6-7,16-17,24,35-36H,5,8-15,18-20H2,1H3,(H,29,30,31). The van der Waals surface area contributed by atoms with Gasteiger partial charge in [0.1, 0.15) is 5.82 Å². The smallest absolute Gasteiger partial charge is 0.227 e. The monoisotopic (exact) mass is 490 g/mol. The average molecular weight is 491 g/mol. The summed E-state index contributed by atoms with van der Waals surface area (Å²) in [5, 5.41) is 24.4. The van der Waals surface area contributed by atoms with E-state index in [0.29, 0.717) is 11.6 Å². The number of likely N-dealkylation sites (N-methyl/N-ethyl adjacent to an activating group) is 1. The maximum absolute atomic E-state index is 9.90. The molecule has 192 valence electrons. The second-order valence-electron chi connectivity index (χ2n) is 10.2. The second kappa shape index (κ2) is 11.5. The molecular formula is C28H38N6O2. The Balaban J connectivity index is 1.38. The van der Waals surface area contributed by atoms with Gasteiger partial charge in [-0.25, -0.2) is 4.98 Å². The maximum atomic E-state index is 9.90. The van der Waals surface area contributed by atoms with Crippen LogP contribution in [0.3, 0.4) is 0 Å². The Hall–Kier alpha value is -2.78. The van der Waals surface area contributed by atoms with Gasteiger partial charge < -0.3 is 25.3 Å². The van der Waals surface area contributed by atoms with Gasteiger partial charge in [-0.05, 0) is 61.7 Å². The van der Waals surface area contributed by atoms with Crippen LogP contribution in [0, 0.1) is 0 Å². The molecule has 2 aliphatic heterocycles. The van der Waals surface area contributed by atoms with Gasteiger partial charge in [0.15, 0.2) is 0 Å². The molecule has 3 N–H and O–H groups in total. The highest BCUT2D eigenvalue weighted by molar-refractivity contribution is 5.91. The van der Waals surface area contributed by atoms with Crippen molar-refractivity contribution >= 4 is 22.7 Å². The van der Waals surface area contributed by atoms with Gasteiger partial charge in [-0.1, -0.05) is 30.3 Å². The Morgan fingerprint density at radius 2 is 1.64 bits per heavy atom. The van der Waals surface area contributed by atoms with E-state index in [0.717, 1.165) is 93.3 Å². The van der Waals surface area contributed by atoms with E-state index < -0.39 is 0 Å². The summed E-state index contributed by atoms with van der Waals surface area (Å²) in [6.45, 7) is 6.69. The van der Waals surface area contributed by atoms with E-state index in [1.807, 2.05) is 12.1 Å². The molecule has 1 aromatic heterocycles. The van der Waals surface area contributed by atoms with Crippen LogP contribution >= 0.6 is 0 Å². The Morgan fingerprint density at radius 3 is 2.39 bits per heavy atom. The van der Waals surface area contributed by atoms with Crippen molar-refractivity contribution in [3.8, 4) is 0 Å². The van der Waals surface area contributed by atoms with Crippen LogP contribution in [0.2, 0.25) is 0 Å². The number of aromatic nitrogens is 2. The lowest BCUT2D eigenvalue weighted by molar-refractivity contribution is 0.211. The van der Waals surface area contributed by atoms with E-state index in [1.165, 1.54) is 5.56 Å². The summed E-state index contributed by atoms with van der Waals surface area (Å²) in [5.74, 6) is 1.57. The second-order valence-corrected chi connectivity index (χ2v) is 10.2. The maximum Gasteiger partial charge on any atom is 0.227 e. The van der Waals surface area contributed by atoms with Crippen LogP contribution in [0.4, 0.5) is 11.8 Å². The quantitative estimate of drug-likeness (QED) is 0.466. The van der Waals surface area contributed by atoms with Crippen LogP contribution in [-0.4, -0.2) is 82.3 Å². The number of likely N-dealkylation sites (tertiary alicyclic amines) is 1. The van der Waals surface area contributed by atoms with Crippen molar-refractivity contribution in [2.75, 3.05) is 56.5 Å². The minimum absolute atomic E-state index is 0.122. The molecule has 0 spiro atoms. The number of rotatable bonds is 7. The molecule has 3 aromatic rings. The molecule has 0 aliphatic carbocycles. The van der Waals surface area contributed by atoms with Crippen LogP contribution in [0.25, 0.3) is 10.9 Å². The highest BCUT2D eigenvalue weighted by Crippen LogP contribution is 2.29. The number of piperidine rings is 1. The summed E-state index contributed by atoms with van der Waals surface area (Å²) in [4.78, 5) is 17.1. The zero-order chi connectivity index (χ0) is 24.9. The highest BCUT2D eigenvalue weighted by atomic mass is 16.3. The molecule has 8 heteroatoms. The molecule has 2 aliphatic rings.